The molecule has 5 nitrogen and oxygen atoms in total. The Morgan fingerprint density at radius 3 is 2.56 bits per heavy atom. The first-order valence-corrected chi connectivity index (χ1v) is 9.24. The molecule has 0 aromatic carbocycles. The van der Waals surface area contributed by atoms with Crippen molar-refractivity contribution in [1.29, 1.82) is 0 Å². The predicted octanol–water partition coefficient (Wildman–Crippen LogP) is 3.36. The third-order valence-electron chi connectivity index (χ3n) is 4.24. The van der Waals surface area contributed by atoms with E-state index in [-0.39, 0.29) is 24.0 Å². The van der Waals surface area contributed by atoms with Crippen molar-refractivity contribution in [3.63, 3.8) is 0 Å². The number of rotatable bonds is 6. The highest BCUT2D eigenvalue weighted by Gasteiger charge is 2.10. The molecule has 0 amide bonds. The van der Waals surface area contributed by atoms with Crippen LogP contribution in [0.15, 0.2) is 17.1 Å². The molecule has 2 rings (SSSR count). The van der Waals surface area contributed by atoms with E-state index in [1.165, 1.54) is 21.0 Å². The average Bonchev–Trinajstić information content (AvgIpc) is 3.03. The van der Waals surface area contributed by atoms with Crippen molar-refractivity contribution in [2.45, 2.75) is 46.6 Å². The quantitative estimate of drug-likeness (QED) is 0.383. The summed E-state index contributed by atoms with van der Waals surface area (Å²) in [5.74, 6) is 0.856. The molecule has 2 aromatic heterocycles. The van der Waals surface area contributed by atoms with Crippen LogP contribution in [-0.2, 0) is 19.9 Å². The molecule has 0 bridgehead atoms. The van der Waals surface area contributed by atoms with Gasteiger partial charge in [-0.1, -0.05) is 0 Å². The molecule has 0 saturated carbocycles. The second kappa shape index (κ2) is 10.2. The molecule has 0 fully saturated rings. The maximum Gasteiger partial charge on any atom is 0.191 e. The largest absolute Gasteiger partial charge is 0.356 e. The van der Waals surface area contributed by atoms with Gasteiger partial charge in [0.1, 0.15) is 0 Å². The van der Waals surface area contributed by atoms with Crippen molar-refractivity contribution in [3.05, 3.63) is 38.8 Å². The second-order valence-electron chi connectivity index (χ2n) is 6.28. The van der Waals surface area contributed by atoms with Crippen LogP contribution < -0.4 is 10.6 Å². The van der Waals surface area contributed by atoms with Crippen molar-refractivity contribution < 1.29 is 0 Å². The van der Waals surface area contributed by atoms with Gasteiger partial charge in [-0.15, -0.1) is 35.3 Å². The van der Waals surface area contributed by atoms with Crippen LogP contribution >= 0.6 is 35.3 Å². The third-order valence-corrected chi connectivity index (χ3v) is 5.26. The zero-order chi connectivity index (χ0) is 17.7. The maximum atomic E-state index is 4.47. The first kappa shape index (κ1) is 22.0. The molecular weight excluding hydrogens is 445 g/mol. The molecule has 0 spiro atoms. The van der Waals surface area contributed by atoms with E-state index in [0.717, 1.165) is 31.0 Å². The SMILES string of the molecule is CN=C(NCCc1c(C)nn(C)c1C)NC(C)Cc1ccc(C)s1.I. The Morgan fingerprint density at radius 1 is 1.32 bits per heavy atom. The number of hydrogen-bond acceptors (Lipinski definition) is 3. The molecule has 1 atom stereocenters. The van der Waals surface area contributed by atoms with Crippen LogP contribution in [0, 0.1) is 20.8 Å². The molecule has 25 heavy (non-hydrogen) atoms. The van der Waals surface area contributed by atoms with Crippen LogP contribution in [0.5, 0.6) is 0 Å². The monoisotopic (exact) mass is 475 g/mol. The zero-order valence-corrected chi connectivity index (χ0v) is 19.2. The summed E-state index contributed by atoms with van der Waals surface area (Å²) in [6.45, 7) is 9.37. The Labute approximate surface area is 172 Å². The van der Waals surface area contributed by atoms with Crippen LogP contribution in [0.1, 0.15) is 33.6 Å². The second-order valence-corrected chi connectivity index (χ2v) is 7.66. The lowest BCUT2D eigenvalue weighted by Crippen LogP contribution is -2.43. The van der Waals surface area contributed by atoms with Crippen molar-refractivity contribution in [1.82, 2.24) is 20.4 Å². The number of nitrogens with zero attached hydrogens (tertiary/aromatic N) is 3. The van der Waals surface area contributed by atoms with Gasteiger partial charge in [0.25, 0.3) is 0 Å². The minimum absolute atomic E-state index is 0. The topological polar surface area (TPSA) is 54.2 Å². The normalized spacial score (nSPS) is 12.6. The van der Waals surface area contributed by atoms with Gasteiger partial charge in [-0.05, 0) is 51.8 Å². The number of aryl methyl sites for hydroxylation is 3. The summed E-state index contributed by atoms with van der Waals surface area (Å²) in [7, 11) is 3.81. The molecule has 7 heteroatoms. The van der Waals surface area contributed by atoms with E-state index in [0.29, 0.717) is 6.04 Å². The minimum atomic E-state index is 0. The lowest BCUT2D eigenvalue weighted by atomic mass is 10.1. The maximum absolute atomic E-state index is 4.47. The fraction of sp³-hybridized carbons (Fsp3) is 0.556. The van der Waals surface area contributed by atoms with Crippen molar-refractivity contribution in [2.24, 2.45) is 12.0 Å². The van der Waals surface area contributed by atoms with E-state index >= 15 is 0 Å². The molecule has 1 unspecified atom stereocenters. The van der Waals surface area contributed by atoms with Crippen molar-refractivity contribution in [3.8, 4) is 0 Å². The van der Waals surface area contributed by atoms with E-state index < -0.39 is 0 Å². The van der Waals surface area contributed by atoms with Gasteiger partial charge in [-0.25, -0.2) is 0 Å². The van der Waals surface area contributed by atoms with E-state index in [2.05, 4.69) is 60.6 Å². The molecule has 0 aliphatic carbocycles. The molecule has 2 aromatic rings. The fourth-order valence-electron chi connectivity index (χ4n) is 2.86. The summed E-state index contributed by atoms with van der Waals surface area (Å²) >= 11 is 1.86. The molecule has 0 saturated heterocycles. The van der Waals surface area contributed by atoms with Crippen LogP contribution in [0.4, 0.5) is 0 Å². The minimum Gasteiger partial charge on any atom is -0.356 e. The number of nitrogens with one attached hydrogen (secondary N) is 2. The molecule has 0 radical (unpaired) electrons. The fourth-order valence-corrected chi connectivity index (χ4v) is 3.88. The van der Waals surface area contributed by atoms with Gasteiger partial charge >= 0.3 is 0 Å². The number of guanidine groups is 1. The summed E-state index contributed by atoms with van der Waals surface area (Å²) < 4.78 is 1.95. The van der Waals surface area contributed by atoms with Gasteiger partial charge in [0, 0.05) is 48.6 Å². The summed E-state index contributed by atoms with van der Waals surface area (Å²) in [4.78, 5) is 7.10. The Bertz CT molecular complexity index is 704. The van der Waals surface area contributed by atoms with Gasteiger partial charge in [0.15, 0.2) is 5.96 Å². The van der Waals surface area contributed by atoms with Crippen LogP contribution in [0.2, 0.25) is 0 Å². The Hall–Kier alpha value is -1.09. The molecule has 0 aliphatic rings. The van der Waals surface area contributed by atoms with Gasteiger partial charge < -0.3 is 10.6 Å². The van der Waals surface area contributed by atoms with E-state index in [4.69, 9.17) is 0 Å². The lowest BCUT2D eigenvalue weighted by molar-refractivity contribution is 0.644. The van der Waals surface area contributed by atoms with Gasteiger partial charge in [-0.2, -0.15) is 5.10 Å². The number of halogens is 1. The van der Waals surface area contributed by atoms with Gasteiger partial charge in [0.05, 0.1) is 5.69 Å². The Kier molecular flexibility index (Phi) is 8.92. The van der Waals surface area contributed by atoms with Gasteiger partial charge in [0.2, 0.25) is 0 Å². The molecule has 2 N–H and O–H groups in total. The first-order chi connectivity index (χ1) is 11.4. The number of thiophene rings is 1. The predicted molar refractivity (Wildman–Crippen MR) is 119 cm³/mol. The van der Waals surface area contributed by atoms with Crippen LogP contribution in [-0.4, -0.2) is 35.4 Å². The summed E-state index contributed by atoms with van der Waals surface area (Å²) in [5.41, 5.74) is 3.67. The first-order valence-electron chi connectivity index (χ1n) is 8.42. The molecule has 2 heterocycles. The standard InChI is InChI=1S/C18H29N5S.HI/c1-12(11-16-8-7-13(2)24-16)21-18(19-5)20-10-9-17-14(3)22-23(6)15(17)4;/h7-8,12H,9-11H2,1-6H3,(H2,19,20,21);1H. The van der Waals surface area contributed by atoms with E-state index in [1.54, 1.807) is 0 Å². The highest BCUT2D eigenvalue weighted by molar-refractivity contribution is 14.0. The van der Waals surface area contributed by atoms with Crippen molar-refractivity contribution >= 4 is 41.3 Å². The number of aromatic nitrogens is 2. The summed E-state index contributed by atoms with van der Waals surface area (Å²) in [6, 6.07) is 4.73. The Balaban J connectivity index is 0.00000312. The van der Waals surface area contributed by atoms with Crippen LogP contribution in [0.25, 0.3) is 0 Å². The highest BCUT2D eigenvalue weighted by atomic mass is 127. The zero-order valence-electron chi connectivity index (χ0n) is 16.0. The van der Waals surface area contributed by atoms with Gasteiger partial charge in [-0.3, -0.25) is 9.67 Å². The summed E-state index contributed by atoms with van der Waals surface area (Å²) in [6.07, 6.45) is 1.96. The lowest BCUT2D eigenvalue weighted by Gasteiger charge is -2.17. The molecular formula is C18H30IN5S. The third kappa shape index (κ3) is 6.29. The molecule has 0 aliphatic heterocycles. The molecule has 140 valence electrons. The smallest absolute Gasteiger partial charge is 0.191 e. The van der Waals surface area contributed by atoms with Crippen LogP contribution in [0.3, 0.4) is 0 Å². The average molecular weight is 475 g/mol. The number of hydrogen-bond donors (Lipinski definition) is 2. The Morgan fingerprint density at radius 2 is 2.04 bits per heavy atom. The number of aliphatic imine (C=N–C) groups is 1. The van der Waals surface area contributed by atoms with E-state index in [9.17, 15) is 0 Å². The van der Waals surface area contributed by atoms with E-state index in [1.807, 2.05) is 30.1 Å². The highest BCUT2D eigenvalue weighted by Crippen LogP contribution is 2.16. The summed E-state index contributed by atoms with van der Waals surface area (Å²) in [5, 5.41) is 11.3. The van der Waals surface area contributed by atoms with Crippen molar-refractivity contribution in [2.75, 3.05) is 13.6 Å².